The van der Waals surface area contributed by atoms with Gasteiger partial charge in [-0.3, -0.25) is 4.79 Å². The van der Waals surface area contributed by atoms with Gasteiger partial charge in [0.2, 0.25) is 5.82 Å². The first kappa shape index (κ1) is 18.0. The van der Waals surface area contributed by atoms with Gasteiger partial charge >= 0.3 is 0 Å². The minimum atomic E-state index is -0.337. The van der Waals surface area contributed by atoms with Crippen molar-refractivity contribution in [3.63, 3.8) is 0 Å². The zero-order valence-corrected chi connectivity index (χ0v) is 16.3. The number of carbonyl (C=O) groups excluding carboxylic acids is 1. The van der Waals surface area contributed by atoms with Gasteiger partial charge in [0.05, 0.1) is 12.7 Å². The summed E-state index contributed by atoms with van der Waals surface area (Å²) in [6.07, 6.45) is 0. The van der Waals surface area contributed by atoms with Crippen molar-refractivity contribution < 1.29 is 18.5 Å². The Balaban J connectivity index is 1.52. The summed E-state index contributed by atoms with van der Waals surface area (Å²) in [5, 5.41) is 6.79. The zero-order chi connectivity index (χ0) is 19.5. The van der Waals surface area contributed by atoms with Crippen LogP contribution in [-0.2, 0) is 0 Å². The number of carbonyl (C=O) groups is 1. The number of furan rings is 1. The number of nitrogens with one attached hydrogen (secondary N) is 1. The number of ether oxygens (including phenoxy) is 1. The largest absolute Gasteiger partial charge is 0.496 e. The van der Waals surface area contributed by atoms with E-state index in [4.69, 9.17) is 13.7 Å². The smallest absolute Gasteiger partial charge is 0.291 e. The molecule has 0 saturated carbocycles. The molecule has 4 rings (SSSR count). The highest BCUT2D eigenvalue weighted by molar-refractivity contribution is 9.10. The Morgan fingerprint density at radius 3 is 2.57 bits per heavy atom. The van der Waals surface area contributed by atoms with E-state index in [1.165, 1.54) is 0 Å². The molecule has 0 saturated heterocycles. The number of nitrogens with zero attached hydrogens (tertiary/aromatic N) is 2. The van der Waals surface area contributed by atoms with E-state index in [9.17, 15) is 4.79 Å². The van der Waals surface area contributed by atoms with Gasteiger partial charge in [-0.15, -0.1) is 0 Å². The van der Waals surface area contributed by atoms with E-state index in [1.54, 1.807) is 43.5 Å². The van der Waals surface area contributed by atoms with Crippen molar-refractivity contribution in [1.29, 1.82) is 0 Å². The lowest BCUT2D eigenvalue weighted by Gasteiger charge is -2.04. The summed E-state index contributed by atoms with van der Waals surface area (Å²) >= 11 is 3.17. The molecule has 8 heteroatoms. The molecule has 28 heavy (non-hydrogen) atoms. The number of benzene rings is 2. The molecule has 0 aliphatic heterocycles. The van der Waals surface area contributed by atoms with E-state index in [2.05, 4.69) is 31.4 Å². The molecule has 2 aromatic carbocycles. The molecular weight excluding hydrogens is 426 g/mol. The van der Waals surface area contributed by atoms with E-state index >= 15 is 0 Å². The molecule has 2 aromatic heterocycles. The highest BCUT2D eigenvalue weighted by Crippen LogP contribution is 2.30. The molecule has 2 heterocycles. The fourth-order valence-electron chi connectivity index (χ4n) is 2.60. The Morgan fingerprint density at radius 2 is 1.86 bits per heavy atom. The van der Waals surface area contributed by atoms with Gasteiger partial charge in [-0.25, -0.2) is 0 Å². The Morgan fingerprint density at radius 1 is 1.07 bits per heavy atom. The van der Waals surface area contributed by atoms with Gasteiger partial charge < -0.3 is 19.0 Å². The third kappa shape index (κ3) is 3.67. The summed E-state index contributed by atoms with van der Waals surface area (Å²) in [7, 11) is 1.59. The molecule has 0 radical (unpaired) electrons. The van der Waals surface area contributed by atoms with Crippen molar-refractivity contribution in [3.05, 3.63) is 71.1 Å². The molecule has 0 aliphatic rings. The van der Waals surface area contributed by atoms with Crippen molar-refractivity contribution in [2.24, 2.45) is 0 Å². The van der Waals surface area contributed by atoms with Crippen molar-refractivity contribution >= 4 is 27.5 Å². The van der Waals surface area contributed by atoms with E-state index in [-0.39, 0.29) is 11.7 Å². The topological polar surface area (TPSA) is 90.4 Å². The summed E-state index contributed by atoms with van der Waals surface area (Å²) in [4.78, 5) is 16.6. The van der Waals surface area contributed by atoms with Gasteiger partial charge in [0, 0.05) is 11.3 Å². The number of anilines is 1. The summed E-state index contributed by atoms with van der Waals surface area (Å²) < 4.78 is 16.4. The Bertz CT molecular complexity index is 1120. The lowest BCUT2D eigenvalue weighted by molar-refractivity contribution is 0.0995. The second-order valence-corrected chi connectivity index (χ2v) is 6.54. The number of amides is 1. The summed E-state index contributed by atoms with van der Waals surface area (Å²) in [5.41, 5.74) is 2.09. The molecule has 4 aromatic rings. The molecule has 0 unspecified atom stereocenters. The second kappa shape index (κ2) is 7.69. The summed E-state index contributed by atoms with van der Waals surface area (Å²) in [6, 6.07) is 17.8. The van der Waals surface area contributed by atoms with E-state index in [1.807, 2.05) is 24.3 Å². The molecule has 1 N–H and O–H groups in total. The maximum atomic E-state index is 12.1. The Labute approximate surface area is 168 Å². The minimum absolute atomic E-state index is 0.218. The van der Waals surface area contributed by atoms with E-state index < -0.39 is 0 Å². The van der Waals surface area contributed by atoms with Crippen molar-refractivity contribution in [2.45, 2.75) is 0 Å². The predicted octanol–water partition coefficient (Wildman–Crippen LogP) is 5.02. The minimum Gasteiger partial charge on any atom is -0.496 e. The highest BCUT2D eigenvalue weighted by Gasteiger charge is 2.15. The third-order valence-corrected chi connectivity index (χ3v) is 4.39. The number of rotatable bonds is 5. The van der Waals surface area contributed by atoms with Crippen LogP contribution < -0.4 is 10.1 Å². The molecule has 0 bridgehead atoms. The first-order valence-electron chi connectivity index (χ1n) is 8.28. The first-order chi connectivity index (χ1) is 13.6. The molecular formula is C20H14BrN3O4. The van der Waals surface area contributed by atoms with Gasteiger partial charge in [0.15, 0.2) is 10.4 Å². The lowest BCUT2D eigenvalue weighted by atomic mass is 10.2. The van der Waals surface area contributed by atoms with Crippen LogP contribution in [0.2, 0.25) is 0 Å². The number of hydrogen-bond acceptors (Lipinski definition) is 6. The van der Waals surface area contributed by atoms with Gasteiger partial charge in [-0.05, 0) is 64.5 Å². The fraction of sp³-hybridized carbons (Fsp3) is 0.0500. The molecule has 140 valence electrons. The quantitative estimate of drug-likeness (QED) is 0.469. The normalized spacial score (nSPS) is 10.6. The number of hydrogen-bond donors (Lipinski definition) is 1. The predicted molar refractivity (Wildman–Crippen MR) is 106 cm³/mol. The molecule has 0 fully saturated rings. The van der Waals surface area contributed by atoms with Gasteiger partial charge in [-0.2, -0.15) is 4.98 Å². The molecule has 0 atom stereocenters. The van der Waals surface area contributed by atoms with Crippen molar-refractivity contribution in [1.82, 2.24) is 10.1 Å². The number of methoxy groups -OCH3 is 1. The van der Waals surface area contributed by atoms with Crippen LogP contribution in [0.5, 0.6) is 5.75 Å². The van der Waals surface area contributed by atoms with Crippen LogP contribution in [0.15, 0.2) is 74.3 Å². The van der Waals surface area contributed by atoms with Crippen LogP contribution in [-0.4, -0.2) is 23.2 Å². The van der Waals surface area contributed by atoms with Crippen LogP contribution in [0.25, 0.3) is 22.8 Å². The van der Waals surface area contributed by atoms with Crippen molar-refractivity contribution in [3.8, 4) is 28.6 Å². The van der Waals surface area contributed by atoms with Crippen LogP contribution in [0.4, 0.5) is 5.69 Å². The Kier molecular flexibility index (Phi) is 4.94. The molecule has 0 spiro atoms. The lowest BCUT2D eigenvalue weighted by Crippen LogP contribution is -2.10. The van der Waals surface area contributed by atoms with E-state index in [0.717, 1.165) is 11.1 Å². The maximum absolute atomic E-state index is 12.1. The van der Waals surface area contributed by atoms with Gasteiger partial charge in [0.25, 0.3) is 11.8 Å². The standard InChI is InChI=1S/C20H14BrN3O4/c1-26-15-5-3-2-4-14(15)20-23-18(24-28-20)12-6-8-13(9-7-12)22-19(25)16-10-11-17(21)27-16/h2-11H,1H3,(H,22,25). The highest BCUT2D eigenvalue weighted by atomic mass is 79.9. The van der Waals surface area contributed by atoms with Gasteiger partial charge in [-0.1, -0.05) is 17.3 Å². The third-order valence-electron chi connectivity index (χ3n) is 3.96. The molecule has 0 aliphatic carbocycles. The molecule has 1 amide bonds. The van der Waals surface area contributed by atoms with Crippen LogP contribution >= 0.6 is 15.9 Å². The van der Waals surface area contributed by atoms with Crippen LogP contribution in [0, 0.1) is 0 Å². The summed E-state index contributed by atoms with van der Waals surface area (Å²) in [5.74, 6) is 1.34. The second-order valence-electron chi connectivity index (χ2n) is 5.76. The van der Waals surface area contributed by atoms with Crippen LogP contribution in [0.3, 0.4) is 0 Å². The summed E-state index contributed by atoms with van der Waals surface area (Å²) in [6.45, 7) is 0. The SMILES string of the molecule is COc1ccccc1-c1nc(-c2ccc(NC(=O)c3ccc(Br)o3)cc2)no1. The fourth-order valence-corrected chi connectivity index (χ4v) is 2.91. The van der Waals surface area contributed by atoms with Crippen molar-refractivity contribution in [2.75, 3.05) is 12.4 Å². The molecule has 7 nitrogen and oxygen atoms in total. The number of aromatic nitrogens is 2. The van der Waals surface area contributed by atoms with E-state index in [0.29, 0.717) is 27.8 Å². The number of para-hydroxylation sites is 1. The average Bonchev–Trinajstić information content (AvgIpc) is 3.38. The zero-order valence-electron chi connectivity index (χ0n) is 14.7. The maximum Gasteiger partial charge on any atom is 0.291 e. The average molecular weight is 440 g/mol. The monoisotopic (exact) mass is 439 g/mol. The van der Waals surface area contributed by atoms with Crippen LogP contribution in [0.1, 0.15) is 10.6 Å². The van der Waals surface area contributed by atoms with Gasteiger partial charge in [0.1, 0.15) is 5.75 Å². The Hall–Kier alpha value is -3.39. The first-order valence-corrected chi connectivity index (χ1v) is 9.07. The number of halogens is 1.